The zero-order valence-electron chi connectivity index (χ0n) is 14.7. The largest absolute Gasteiger partial charge is 0.453 e. The molecule has 0 radical (unpaired) electrons. The molecule has 3 rings (SSSR count). The number of thiophene rings is 1. The number of nitrogens with zero attached hydrogens (tertiary/aromatic N) is 3. The highest BCUT2D eigenvalue weighted by Crippen LogP contribution is 2.36. The summed E-state index contributed by atoms with van der Waals surface area (Å²) in [5.41, 5.74) is 0.303. The highest BCUT2D eigenvalue weighted by molar-refractivity contribution is 7.21. The van der Waals surface area contributed by atoms with Gasteiger partial charge in [0.2, 0.25) is 0 Å². The lowest BCUT2D eigenvalue weighted by Gasteiger charge is -2.20. The predicted molar refractivity (Wildman–Crippen MR) is 102 cm³/mol. The molecule has 9 heteroatoms. The van der Waals surface area contributed by atoms with Gasteiger partial charge in [-0.2, -0.15) is 0 Å². The van der Waals surface area contributed by atoms with Gasteiger partial charge >= 0.3 is 0 Å². The summed E-state index contributed by atoms with van der Waals surface area (Å²) < 4.78 is 20.5. The van der Waals surface area contributed by atoms with Gasteiger partial charge in [-0.1, -0.05) is 0 Å². The molecule has 140 valence electrons. The van der Waals surface area contributed by atoms with Crippen molar-refractivity contribution in [3.05, 3.63) is 57.3 Å². The summed E-state index contributed by atoms with van der Waals surface area (Å²) in [5.74, 6) is -0.143. The Morgan fingerprint density at radius 3 is 2.67 bits per heavy atom. The number of fused-ring (bicyclic) bond motifs is 1. The number of halogens is 1. The van der Waals surface area contributed by atoms with Crippen molar-refractivity contribution in [1.82, 2.24) is 9.88 Å². The Hall–Kier alpha value is -3.07. The molecule has 0 saturated heterocycles. The summed E-state index contributed by atoms with van der Waals surface area (Å²) in [7, 11) is 0. The van der Waals surface area contributed by atoms with Crippen molar-refractivity contribution in [1.29, 1.82) is 5.41 Å². The molecule has 0 fully saturated rings. The van der Waals surface area contributed by atoms with Gasteiger partial charge in [0, 0.05) is 31.4 Å². The highest BCUT2D eigenvalue weighted by atomic mass is 32.1. The molecule has 2 heterocycles. The molecule has 0 spiro atoms. The number of hydrogen-bond acceptors (Lipinski definition) is 6. The summed E-state index contributed by atoms with van der Waals surface area (Å²) in [5, 5.41) is 19.1. The maximum Gasteiger partial charge on any atom is 0.272 e. The van der Waals surface area contributed by atoms with Crippen molar-refractivity contribution in [3.8, 4) is 11.5 Å². The number of nitro benzene ring substituents is 1. The van der Waals surface area contributed by atoms with Crippen molar-refractivity contribution in [2.24, 2.45) is 0 Å². The lowest BCUT2D eigenvalue weighted by atomic mass is 10.3. The van der Waals surface area contributed by atoms with Crippen LogP contribution in [0.3, 0.4) is 0 Å². The summed E-state index contributed by atoms with van der Waals surface area (Å²) in [4.78, 5) is 17.0. The van der Waals surface area contributed by atoms with E-state index in [9.17, 15) is 14.5 Å². The normalized spacial score (nSPS) is 10.8. The first-order valence-corrected chi connectivity index (χ1v) is 9.10. The minimum Gasteiger partial charge on any atom is -0.453 e. The second-order valence-electron chi connectivity index (χ2n) is 5.63. The van der Waals surface area contributed by atoms with E-state index in [1.54, 1.807) is 18.3 Å². The number of aromatic nitrogens is 1. The molecule has 0 unspecified atom stereocenters. The average molecular weight is 388 g/mol. The molecule has 0 aliphatic carbocycles. The van der Waals surface area contributed by atoms with E-state index in [4.69, 9.17) is 10.1 Å². The Labute approximate surface area is 158 Å². The molecule has 1 N–H and O–H groups in total. The van der Waals surface area contributed by atoms with Crippen LogP contribution in [0.4, 0.5) is 10.1 Å². The van der Waals surface area contributed by atoms with Gasteiger partial charge < -0.3 is 9.64 Å². The fourth-order valence-electron chi connectivity index (χ4n) is 2.61. The lowest BCUT2D eigenvalue weighted by Crippen LogP contribution is -2.29. The lowest BCUT2D eigenvalue weighted by molar-refractivity contribution is -0.385. The molecule has 0 aliphatic rings. The van der Waals surface area contributed by atoms with Crippen LogP contribution in [0.5, 0.6) is 11.5 Å². The number of amidine groups is 1. The number of ether oxygens (including phenoxy) is 1. The molecular formula is C18H17FN4O3S. The SMILES string of the molecule is CCN(CC)C(=N)c1cc2nccc(Oc3ccc([N+](=O)[O-])cc3F)c2s1. The van der Waals surface area contributed by atoms with Crippen LogP contribution in [0.15, 0.2) is 36.5 Å². The molecular weight excluding hydrogens is 371 g/mol. The maximum atomic E-state index is 14.1. The number of non-ortho nitro benzene ring substituents is 1. The van der Waals surface area contributed by atoms with Crippen LogP contribution >= 0.6 is 11.3 Å². The Morgan fingerprint density at radius 1 is 1.30 bits per heavy atom. The van der Waals surface area contributed by atoms with Crippen LogP contribution < -0.4 is 4.74 Å². The summed E-state index contributed by atoms with van der Waals surface area (Å²) in [6.07, 6.45) is 1.54. The van der Waals surface area contributed by atoms with Gasteiger partial charge in [0.05, 0.1) is 26.1 Å². The van der Waals surface area contributed by atoms with Crippen LogP contribution in [-0.4, -0.2) is 33.7 Å². The number of hydrogen-bond donors (Lipinski definition) is 1. The molecule has 27 heavy (non-hydrogen) atoms. The third-order valence-electron chi connectivity index (χ3n) is 4.04. The number of rotatable bonds is 6. The maximum absolute atomic E-state index is 14.1. The second-order valence-corrected chi connectivity index (χ2v) is 6.68. The number of nitrogens with one attached hydrogen (secondary N) is 1. The molecule has 0 saturated carbocycles. The van der Waals surface area contributed by atoms with Crippen LogP contribution in [0.1, 0.15) is 18.7 Å². The van der Waals surface area contributed by atoms with E-state index in [-0.39, 0.29) is 11.4 Å². The molecule has 0 amide bonds. The standard InChI is InChI=1S/C18H17FN4O3S/c1-3-22(4-2)18(20)16-10-13-17(27-16)15(7-8-21-13)26-14-6-5-11(23(24)25)9-12(14)19/h5-10,20H,3-4H2,1-2H3. The van der Waals surface area contributed by atoms with E-state index in [1.165, 1.54) is 23.5 Å². The zero-order valence-corrected chi connectivity index (χ0v) is 15.5. The van der Waals surface area contributed by atoms with E-state index in [0.29, 0.717) is 34.9 Å². The minimum absolute atomic E-state index is 0.109. The fraction of sp³-hybridized carbons (Fsp3) is 0.222. The second kappa shape index (κ2) is 7.67. The molecule has 0 aliphatic heterocycles. The Morgan fingerprint density at radius 2 is 2.04 bits per heavy atom. The smallest absolute Gasteiger partial charge is 0.272 e. The van der Waals surface area contributed by atoms with Crippen LogP contribution in [-0.2, 0) is 0 Å². The molecule has 0 atom stereocenters. The van der Waals surface area contributed by atoms with Gasteiger partial charge in [0.25, 0.3) is 5.69 Å². The Balaban J connectivity index is 1.96. The van der Waals surface area contributed by atoms with Gasteiger partial charge in [0.1, 0.15) is 11.6 Å². The third kappa shape index (κ3) is 3.72. The summed E-state index contributed by atoms with van der Waals surface area (Å²) >= 11 is 1.34. The van der Waals surface area contributed by atoms with E-state index in [0.717, 1.165) is 10.9 Å². The topological polar surface area (TPSA) is 92.4 Å². The van der Waals surface area contributed by atoms with Crippen molar-refractivity contribution in [2.45, 2.75) is 13.8 Å². The third-order valence-corrected chi connectivity index (χ3v) is 5.18. The van der Waals surface area contributed by atoms with E-state index >= 15 is 0 Å². The van der Waals surface area contributed by atoms with Gasteiger partial charge in [-0.05, 0) is 26.0 Å². The van der Waals surface area contributed by atoms with Crippen LogP contribution in [0.25, 0.3) is 10.2 Å². The first-order chi connectivity index (χ1) is 12.9. The first kappa shape index (κ1) is 18.7. The van der Waals surface area contributed by atoms with E-state index in [1.807, 2.05) is 18.7 Å². The summed E-state index contributed by atoms with van der Waals surface area (Å²) in [6.45, 7) is 5.40. The Kier molecular flexibility index (Phi) is 5.31. The molecule has 1 aromatic carbocycles. The molecule has 7 nitrogen and oxygen atoms in total. The van der Waals surface area contributed by atoms with Crippen molar-refractivity contribution >= 4 is 33.1 Å². The van der Waals surface area contributed by atoms with Gasteiger partial charge in [-0.15, -0.1) is 11.3 Å². The Bertz CT molecular complexity index is 1020. The van der Waals surface area contributed by atoms with Crippen molar-refractivity contribution < 1.29 is 14.1 Å². The van der Waals surface area contributed by atoms with Gasteiger partial charge in [-0.25, -0.2) is 4.39 Å². The van der Waals surface area contributed by atoms with Crippen molar-refractivity contribution in [3.63, 3.8) is 0 Å². The molecule has 3 aromatic rings. The highest BCUT2D eigenvalue weighted by Gasteiger charge is 2.17. The van der Waals surface area contributed by atoms with Gasteiger partial charge in [-0.3, -0.25) is 20.5 Å². The average Bonchev–Trinajstić information content (AvgIpc) is 3.09. The first-order valence-electron chi connectivity index (χ1n) is 8.28. The molecule has 0 bridgehead atoms. The zero-order chi connectivity index (χ0) is 19.6. The number of benzene rings is 1. The quantitative estimate of drug-likeness (QED) is 0.283. The molecule has 2 aromatic heterocycles. The fourth-order valence-corrected chi connectivity index (χ4v) is 3.65. The number of pyridine rings is 1. The predicted octanol–water partition coefficient (Wildman–Crippen LogP) is 4.80. The van der Waals surface area contributed by atoms with Crippen LogP contribution in [0, 0.1) is 21.3 Å². The van der Waals surface area contributed by atoms with Crippen molar-refractivity contribution in [2.75, 3.05) is 13.1 Å². The van der Waals surface area contributed by atoms with E-state index < -0.39 is 10.7 Å². The number of nitro groups is 1. The summed E-state index contributed by atoms with van der Waals surface area (Å²) in [6, 6.07) is 6.65. The minimum atomic E-state index is -0.818. The van der Waals surface area contributed by atoms with Crippen LogP contribution in [0.2, 0.25) is 0 Å². The van der Waals surface area contributed by atoms with E-state index in [2.05, 4.69) is 4.98 Å². The van der Waals surface area contributed by atoms with Gasteiger partial charge in [0.15, 0.2) is 11.6 Å². The monoisotopic (exact) mass is 388 g/mol.